The van der Waals surface area contributed by atoms with E-state index in [9.17, 15) is 0 Å². The van der Waals surface area contributed by atoms with Crippen LogP contribution in [0.1, 0.15) is 12.8 Å². The molecular weight excluding hydrogens is 166 g/mol. The van der Waals surface area contributed by atoms with Gasteiger partial charge in [-0.15, -0.1) is 0 Å². The Morgan fingerprint density at radius 3 is 2.85 bits per heavy atom. The van der Waals surface area contributed by atoms with Crippen LogP contribution in [0.25, 0.3) is 0 Å². The van der Waals surface area contributed by atoms with E-state index in [0.717, 1.165) is 18.2 Å². The molecule has 0 saturated heterocycles. The zero-order valence-corrected chi connectivity index (χ0v) is 8.34. The van der Waals surface area contributed by atoms with Gasteiger partial charge in [0.2, 0.25) is 0 Å². The number of nitrogens with one attached hydrogen (secondary N) is 1. The fourth-order valence-corrected chi connectivity index (χ4v) is 0.986. The minimum absolute atomic E-state index is 0.642. The van der Waals surface area contributed by atoms with Crippen molar-refractivity contribution in [3.63, 3.8) is 0 Å². The normalized spacial score (nSPS) is 16.1. The van der Waals surface area contributed by atoms with Crippen LogP contribution in [-0.4, -0.2) is 39.5 Å². The van der Waals surface area contributed by atoms with Crippen LogP contribution in [0.4, 0.5) is 0 Å². The number of rotatable bonds is 8. The van der Waals surface area contributed by atoms with Crippen LogP contribution < -0.4 is 5.32 Å². The van der Waals surface area contributed by atoms with Gasteiger partial charge in [0.25, 0.3) is 0 Å². The van der Waals surface area contributed by atoms with Crippen LogP contribution in [0.3, 0.4) is 0 Å². The van der Waals surface area contributed by atoms with E-state index >= 15 is 0 Å². The average molecular weight is 185 g/mol. The van der Waals surface area contributed by atoms with Gasteiger partial charge in [-0.25, -0.2) is 0 Å². The van der Waals surface area contributed by atoms with Gasteiger partial charge in [-0.1, -0.05) is 6.58 Å². The molecule has 3 nitrogen and oxygen atoms in total. The molecule has 1 aliphatic rings. The maximum absolute atomic E-state index is 5.32. The van der Waals surface area contributed by atoms with E-state index < -0.39 is 0 Å². The molecule has 1 rings (SSSR count). The predicted octanol–water partition coefficient (Wildman–Crippen LogP) is 0.958. The Morgan fingerprint density at radius 1 is 1.46 bits per heavy atom. The first kappa shape index (κ1) is 10.7. The summed E-state index contributed by atoms with van der Waals surface area (Å²) >= 11 is 0. The van der Waals surface area contributed by atoms with E-state index in [1.807, 2.05) is 0 Å². The van der Waals surface area contributed by atoms with E-state index in [0.29, 0.717) is 19.8 Å². The summed E-state index contributed by atoms with van der Waals surface area (Å²) in [6.07, 6.45) is 2.63. The van der Waals surface area contributed by atoms with Gasteiger partial charge in [0.15, 0.2) is 0 Å². The first-order valence-electron chi connectivity index (χ1n) is 4.79. The van der Waals surface area contributed by atoms with Crippen LogP contribution >= 0.6 is 0 Å². The lowest BCUT2D eigenvalue weighted by Crippen LogP contribution is -2.21. The molecule has 0 aliphatic heterocycles. The number of hydrogen-bond donors (Lipinski definition) is 1. The summed E-state index contributed by atoms with van der Waals surface area (Å²) < 4.78 is 10.2. The molecule has 1 aliphatic carbocycles. The molecular formula is C10H19NO2. The van der Waals surface area contributed by atoms with Crippen molar-refractivity contribution in [2.24, 2.45) is 0 Å². The SMILES string of the molecule is C=C(CNC1CC1)COCCOC. The average Bonchev–Trinajstić information content (AvgIpc) is 2.92. The third-order valence-corrected chi connectivity index (χ3v) is 1.96. The van der Waals surface area contributed by atoms with Crippen molar-refractivity contribution in [3.8, 4) is 0 Å². The molecule has 1 N–H and O–H groups in total. The van der Waals surface area contributed by atoms with Gasteiger partial charge in [-0.3, -0.25) is 0 Å². The lowest BCUT2D eigenvalue weighted by Gasteiger charge is -2.07. The molecule has 0 amide bonds. The lowest BCUT2D eigenvalue weighted by atomic mass is 10.3. The zero-order valence-electron chi connectivity index (χ0n) is 8.34. The van der Waals surface area contributed by atoms with Crippen LogP contribution in [0.5, 0.6) is 0 Å². The second-order valence-corrected chi connectivity index (χ2v) is 3.45. The van der Waals surface area contributed by atoms with Gasteiger partial charge in [0, 0.05) is 19.7 Å². The maximum Gasteiger partial charge on any atom is 0.0704 e. The molecule has 0 heterocycles. The molecule has 0 radical (unpaired) electrons. The van der Waals surface area contributed by atoms with Crippen molar-refractivity contribution >= 4 is 0 Å². The van der Waals surface area contributed by atoms with E-state index in [4.69, 9.17) is 9.47 Å². The Bertz CT molecular complexity index is 155. The van der Waals surface area contributed by atoms with Crippen LogP contribution in [0.2, 0.25) is 0 Å². The molecule has 0 aromatic carbocycles. The monoisotopic (exact) mass is 185 g/mol. The van der Waals surface area contributed by atoms with E-state index in [2.05, 4.69) is 11.9 Å². The summed E-state index contributed by atoms with van der Waals surface area (Å²) in [5.41, 5.74) is 1.11. The molecule has 1 fully saturated rings. The smallest absolute Gasteiger partial charge is 0.0704 e. The Balaban J connectivity index is 1.84. The van der Waals surface area contributed by atoms with Crippen molar-refractivity contribution in [3.05, 3.63) is 12.2 Å². The second kappa shape index (κ2) is 6.13. The fraction of sp³-hybridized carbons (Fsp3) is 0.800. The standard InChI is InChI=1S/C10H19NO2/c1-9(7-11-10-3-4-10)8-13-6-5-12-2/h10-11H,1,3-8H2,2H3. The Labute approximate surface area is 80.1 Å². The molecule has 0 atom stereocenters. The van der Waals surface area contributed by atoms with Crippen molar-refractivity contribution in [1.82, 2.24) is 5.32 Å². The largest absolute Gasteiger partial charge is 0.382 e. The summed E-state index contributed by atoms with van der Waals surface area (Å²) in [5.74, 6) is 0. The van der Waals surface area contributed by atoms with Gasteiger partial charge >= 0.3 is 0 Å². The molecule has 76 valence electrons. The van der Waals surface area contributed by atoms with Crippen LogP contribution in [0, 0.1) is 0 Å². The quantitative estimate of drug-likeness (QED) is 0.451. The summed E-state index contributed by atoms with van der Waals surface area (Å²) in [4.78, 5) is 0. The topological polar surface area (TPSA) is 30.5 Å². The Hall–Kier alpha value is -0.380. The highest BCUT2D eigenvalue weighted by atomic mass is 16.5. The lowest BCUT2D eigenvalue weighted by molar-refractivity contribution is 0.0818. The minimum atomic E-state index is 0.642. The molecule has 0 unspecified atom stereocenters. The first-order valence-corrected chi connectivity index (χ1v) is 4.79. The van der Waals surface area contributed by atoms with Crippen molar-refractivity contribution in [1.29, 1.82) is 0 Å². The molecule has 0 aromatic rings. The summed E-state index contributed by atoms with van der Waals surface area (Å²) in [7, 11) is 1.67. The van der Waals surface area contributed by atoms with Gasteiger partial charge < -0.3 is 14.8 Å². The summed E-state index contributed by atoms with van der Waals surface area (Å²) in [6, 6.07) is 0.746. The highest BCUT2D eigenvalue weighted by molar-refractivity contribution is 4.99. The van der Waals surface area contributed by atoms with Gasteiger partial charge in [0.1, 0.15) is 0 Å². The predicted molar refractivity (Wildman–Crippen MR) is 52.9 cm³/mol. The number of methoxy groups -OCH3 is 1. The molecule has 13 heavy (non-hydrogen) atoms. The fourth-order valence-electron chi connectivity index (χ4n) is 0.986. The summed E-state index contributed by atoms with van der Waals surface area (Å²) in [6.45, 7) is 6.76. The van der Waals surface area contributed by atoms with Gasteiger partial charge in [-0.2, -0.15) is 0 Å². The first-order chi connectivity index (χ1) is 6.33. The third-order valence-electron chi connectivity index (χ3n) is 1.96. The van der Waals surface area contributed by atoms with Crippen molar-refractivity contribution in [2.75, 3.05) is 33.5 Å². The van der Waals surface area contributed by atoms with Crippen molar-refractivity contribution < 1.29 is 9.47 Å². The Morgan fingerprint density at radius 2 is 2.23 bits per heavy atom. The van der Waals surface area contributed by atoms with Crippen LogP contribution in [-0.2, 0) is 9.47 Å². The van der Waals surface area contributed by atoms with Crippen molar-refractivity contribution in [2.45, 2.75) is 18.9 Å². The second-order valence-electron chi connectivity index (χ2n) is 3.45. The molecule has 0 bridgehead atoms. The van der Waals surface area contributed by atoms with Gasteiger partial charge in [-0.05, 0) is 18.4 Å². The van der Waals surface area contributed by atoms with E-state index in [1.165, 1.54) is 12.8 Å². The van der Waals surface area contributed by atoms with Crippen LogP contribution in [0.15, 0.2) is 12.2 Å². The van der Waals surface area contributed by atoms with E-state index in [-0.39, 0.29) is 0 Å². The number of ether oxygens (including phenoxy) is 2. The Kier molecular flexibility index (Phi) is 5.05. The molecule has 1 saturated carbocycles. The molecule has 0 aromatic heterocycles. The van der Waals surface area contributed by atoms with Gasteiger partial charge in [0.05, 0.1) is 19.8 Å². The molecule has 0 spiro atoms. The third kappa shape index (κ3) is 5.80. The zero-order chi connectivity index (χ0) is 9.52. The molecule has 3 heteroatoms. The highest BCUT2D eigenvalue weighted by Gasteiger charge is 2.19. The maximum atomic E-state index is 5.32. The minimum Gasteiger partial charge on any atom is -0.382 e. The highest BCUT2D eigenvalue weighted by Crippen LogP contribution is 2.18. The van der Waals surface area contributed by atoms with E-state index in [1.54, 1.807) is 7.11 Å². The summed E-state index contributed by atoms with van der Waals surface area (Å²) in [5, 5.41) is 3.39. The number of hydrogen-bond acceptors (Lipinski definition) is 3.